The number of benzene rings is 1. The standard InChI is InChI=1S/C13H14ClNO3/c1-8(16)15(9-6-7-9)12(13(17)18)10-4-2-3-5-11(10)14/h2-5,9,12H,6-7H2,1H3,(H,17,18). The number of carboxylic acid groups (broad SMARTS) is 1. The summed E-state index contributed by atoms with van der Waals surface area (Å²) in [5.41, 5.74) is 0.466. The maximum atomic E-state index is 11.7. The molecule has 5 heteroatoms. The van der Waals surface area contributed by atoms with E-state index in [-0.39, 0.29) is 11.9 Å². The number of nitrogens with zero attached hydrogens (tertiary/aromatic N) is 1. The lowest BCUT2D eigenvalue weighted by Gasteiger charge is -2.28. The molecule has 1 atom stereocenters. The van der Waals surface area contributed by atoms with Gasteiger partial charge in [0.15, 0.2) is 6.04 Å². The van der Waals surface area contributed by atoms with E-state index in [1.807, 2.05) is 0 Å². The zero-order chi connectivity index (χ0) is 13.3. The van der Waals surface area contributed by atoms with E-state index in [2.05, 4.69) is 0 Å². The minimum atomic E-state index is -1.05. The van der Waals surface area contributed by atoms with Crippen molar-refractivity contribution in [3.63, 3.8) is 0 Å². The Balaban J connectivity index is 2.42. The fourth-order valence-electron chi connectivity index (χ4n) is 2.10. The van der Waals surface area contributed by atoms with Gasteiger partial charge in [-0.1, -0.05) is 29.8 Å². The molecular formula is C13H14ClNO3. The van der Waals surface area contributed by atoms with Crippen molar-refractivity contribution in [1.82, 2.24) is 4.90 Å². The average Bonchev–Trinajstić information content (AvgIpc) is 3.10. The molecule has 1 aliphatic rings. The van der Waals surface area contributed by atoms with E-state index in [4.69, 9.17) is 11.6 Å². The van der Waals surface area contributed by atoms with Crippen LogP contribution in [0.25, 0.3) is 0 Å². The monoisotopic (exact) mass is 267 g/mol. The van der Waals surface area contributed by atoms with E-state index in [0.29, 0.717) is 10.6 Å². The van der Waals surface area contributed by atoms with E-state index >= 15 is 0 Å². The molecule has 0 radical (unpaired) electrons. The first-order valence-corrected chi connectivity index (χ1v) is 6.16. The average molecular weight is 268 g/mol. The molecule has 1 unspecified atom stereocenters. The molecule has 1 aromatic rings. The summed E-state index contributed by atoms with van der Waals surface area (Å²) in [4.78, 5) is 24.6. The molecule has 0 spiro atoms. The zero-order valence-corrected chi connectivity index (χ0v) is 10.7. The highest BCUT2D eigenvalue weighted by atomic mass is 35.5. The lowest BCUT2D eigenvalue weighted by atomic mass is 10.0. The summed E-state index contributed by atoms with van der Waals surface area (Å²) in [5, 5.41) is 9.77. The minimum Gasteiger partial charge on any atom is -0.479 e. The van der Waals surface area contributed by atoms with Crippen LogP contribution >= 0.6 is 11.6 Å². The van der Waals surface area contributed by atoms with Gasteiger partial charge in [0.25, 0.3) is 0 Å². The minimum absolute atomic E-state index is 0.0277. The van der Waals surface area contributed by atoms with Crippen LogP contribution in [0.15, 0.2) is 24.3 Å². The smallest absolute Gasteiger partial charge is 0.331 e. The molecule has 2 rings (SSSR count). The summed E-state index contributed by atoms with van der Waals surface area (Å²) in [6, 6.07) is 5.78. The highest BCUT2D eigenvalue weighted by molar-refractivity contribution is 6.31. The van der Waals surface area contributed by atoms with Gasteiger partial charge in [0.2, 0.25) is 5.91 Å². The van der Waals surface area contributed by atoms with Gasteiger partial charge >= 0.3 is 5.97 Å². The van der Waals surface area contributed by atoms with Crippen molar-refractivity contribution >= 4 is 23.5 Å². The van der Waals surface area contributed by atoms with Crippen LogP contribution in [0.5, 0.6) is 0 Å². The molecule has 1 aromatic carbocycles. The summed E-state index contributed by atoms with van der Waals surface area (Å²) in [5.74, 6) is -1.28. The Hall–Kier alpha value is -1.55. The topological polar surface area (TPSA) is 57.6 Å². The van der Waals surface area contributed by atoms with Crippen LogP contribution in [-0.2, 0) is 9.59 Å². The molecule has 1 fully saturated rings. The van der Waals surface area contributed by atoms with Gasteiger partial charge in [-0.25, -0.2) is 4.79 Å². The van der Waals surface area contributed by atoms with Gasteiger partial charge in [0, 0.05) is 23.6 Å². The Morgan fingerprint density at radius 3 is 2.44 bits per heavy atom. The molecule has 1 aliphatic carbocycles. The second-order valence-corrected chi connectivity index (χ2v) is 4.83. The molecular weight excluding hydrogens is 254 g/mol. The van der Waals surface area contributed by atoms with Crippen molar-refractivity contribution in [2.75, 3.05) is 0 Å². The normalized spacial score (nSPS) is 16.1. The maximum absolute atomic E-state index is 11.7. The summed E-state index contributed by atoms with van der Waals surface area (Å²) in [7, 11) is 0. The second-order valence-electron chi connectivity index (χ2n) is 4.42. The van der Waals surface area contributed by atoms with Gasteiger partial charge in [0.05, 0.1) is 0 Å². The number of halogens is 1. The summed E-state index contributed by atoms with van der Waals surface area (Å²) in [6.45, 7) is 1.39. The first-order chi connectivity index (χ1) is 8.52. The number of carbonyl (C=O) groups excluding carboxylic acids is 1. The highest BCUT2D eigenvalue weighted by Crippen LogP contribution is 2.36. The quantitative estimate of drug-likeness (QED) is 0.912. The van der Waals surface area contributed by atoms with Crippen LogP contribution in [0.1, 0.15) is 31.4 Å². The van der Waals surface area contributed by atoms with Crippen molar-refractivity contribution in [1.29, 1.82) is 0 Å². The lowest BCUT2D eigenvalue weighted by molar-refractivity contribution is -0.150. The van der Waals surface area contributed by atoms with Crippen LogP contribution in [0.3, 0.4) is 0 Å². The van der Waals surface area contributed by atoms with Gasteiger partial charge in [-0.15, -0.1) is 0 Å². The third-order valence-corrected chi connectivity index (χ3v) is 3.36. The molecule has 0 aromatic heterocycles. The molecule has 1 N–H and O–H groups in total. The molecule has 18 heavy (non-hydrogen) atoms. The number of aliphatic carboxylic acids is 1. The number of carboxylic acids is 1. The van der Waals surface area contributed by atoms with Crippen LogP contribution in [-0.4, -0.2) is 27.9 Å². The molecule has 1 saturated carbocycles. The largest absolute Gasteiger partial charge is 0.479 e. The third kappa shape index (κ3) is 2.48. The molecule has 0 heterocycles. The van der Waals surface area contributed by atoms with Crippen LogP contribution in [0.2, 0.25) is 5.02 Å². The first-order valence-electron chi connectivity index (χ1n) is 5.78. The van der Waals surface area contributed by atoms with E-state index in [1.165, 1.54) is 11.8 Å². The zero-order valence-electron chi connectivity index (χ0n) is 9.97. The third-order valence-electron chi connectivity index (χ3n) is 3.02. The predicted molar refractivity (Wildman–Crippen MR) is 67.4 cm³/mol. The van der Waals surface area contributed by atoms with Gasteiger partial charge in [0.1, 0.15) is 0 Å². The predicted octanol–water partition coefficient (Wildman–Crippen LogP) is 2.48. The van der Waals surface area contributed by atoms with Crippen molar-refractivity contribution < 1.29 is 14.7 Å². The lowest BCUT2D eigenvalue weighted by Crippen LogP contribution is -2.39. The Morgan fingerprint density at radius 2 is 2.00 bits per heavy atom. The van der Waals surface area contributed by atoms with E-state index in [1.54, 1.807) is 24.3 Å². The number of carbonyl (C=O) groups is 2. The number of hydrogen-bond acceptors (Lipinski definition) is 2. The maximum Gasteiger partial charge on any atom is 0.331 e. The number of rotatable bonds is 4. The Kier molecular flexibility index (Phi) is 3.57. The van der Waals surface area contributed by atoms with Gasteiger partial charge < -0.3 is 10.0 Å². The van der Waals surface area contributed by atoms with Crippen molar-refractivity contribution in [2.45, 2.75) is 31.8 Å². The summed E-state index contributed by atoms with van der Waals surface area (Å²) in [6.07, 6.45) is 1.71. The Morgan fingerprint density at radius 1 is 1.39 bits per heavy atom. The molecule has 0 aliphatic heterocycles. The fourth-order valence-corrected chi connectivity index (χ4v) is 2.34. The fraction of sp³-hybridized carbons (Fsp3) is 0.385. The molecule has 96 valence electrons. The van der Waals surface area contributed by atoms with E-state index in [9.17, 15) is 14.7 Å². The summed E-state index contributed by atoms with van der Waals surface area (Å²) >= 11 is 6.04. The summed E-state index contributed by atoms with van der Waals surface area (Å²) < 4.78 is 0. The van der Waals surface area contributed by atoms with Crippen LogP contribution in [0.4, 0.5) is 0 Å². The van der Waals surface area contributed by atoms with E-state index in [0.717, 1.165) is 12.8 Å². The van der Waals surface area contributed by atoms with Gasteiger partial charge in [-0.2, -0.15) is 0 Å². The second kappa shape index (κ2) is 4.98. The van der Waals surface area contributed by atoms with Gasteiger partial charge in [-0.3, -0.25) is 4.79 Å². The molecule has 1 amide bonds. The number of amides is 1. The number of hydrogen-bond donors (Lipinski definition) is 1. The Bertz CT molecular complexity index is 485. The highest BCUT2D eigenvalue weighted by Gasteiger charge is 2.40. The SMILES string of the molecule is CC(=O)N(C1CC1)C(C(=O)O)c1ccccc1Cl. The first kappa shape index (κ1) is 12.9. The van der Waals surface area contributed by atoms with Crippen molar-refractivity contribution in [2.24, 2.45) is 0 Å². The molecule has 4 nitrogen and oxygen atoms in total. The van der Waals surface area contributed by atoms with Gasteiger partial charge in [-0.05, 0) is 18.9 Å². The molecule has 0 bridgehead atoms. The molecule has 0 saturated heterocycles. The van der Waals surface area contributed by atoms with E-state index < -0.39 is 12.0 Å². The van der Waals surface area contributed by atoms with Crippen molar-refractivity contribution in [3.8, 4) is 0 Å². The van der Waals surface area contributed by atoms with Crippen molar-refractivity contribution in [3.05, 3.63) is 34.9 Å². The van der Waals surface area contributed by atoms with Crippen LogP contribution in [0, 0.1) is 0 Å². The Labute approximate surface area is 110 Å². The van der Waals surface area contributed by atoms with Crippen LogP contribution < -0.4 is 0 Å².